The molecule has 26 heavy (non-hydrogen) atoms. The van der Waals surface area contributed by atoms with E-state index in [1.54, 1.807) is 6.08 Å². The molecule has 3 rings (SSSR count). The number of nitriles is 1. The van der Waals surface area contributed by atoms with Crippen LogP contribution in [0.4, 0.5) is 8.78 Å². The number of hydrogen-bond acceptors (Lipinski definition) is 1. The van der Waals surface area contributed by atoms with E-state index in [0.717, 1.165) is 29.9 Å². The van der Waals surface area contributed by atoms with Crippen molar-refractivity contribution in [3.8, 4) is 6.07 Å². The van der Waals surface area contributed by atoms with Gasteiger partial charge in [-0.2, -0.15) is 5.26 Å². The maximum atomic E-state index is 12.2. The first-order valence-electron chi connectivity index (χ1n) is 10.1. The highest BCUT2D eigenvalue weighted by molar-refractivity contribution is 5.33. The van der Waals surface area contributed by atoms with Gasteiger partial charge in [0.1, 0.15) is 0 Å². The Labute approximate surface area is 156 Å². The number of allylic oxidation sites excluding steroid dienone is 2. The highest BCUT2D eigenvalue weighted by atomic mass is 19.3. The third-order valence-corrected chi connectivity index (χ3v) is 6.59. The minimum Gasteiger partial charge on any atom is -0.206 e. The summed E-state index contributed by atoms with van der Waals surface area (Å²) in [5.74, 6) is 2.94. The molecule has 2 fully saturated rings. The van der Waals surface area contributed by atoms with Crippen LogP contribution in [0.1, 0.15) is 74.8 Å². The van der Waals surface area contributed by atoms with Crippen molar-refractivity contribution in [3.63, 3.8) is 0 Å². The number of rotatable bonds is 5. The predicted molar refractivity (Wildman–Crippen MR) is 101 cm³/mol. The molecule has 0 heterocycles. The lowest BCUT2D eigenvalue weighted by molar-refractivity contribution is 0.160. The first-order chi connectivity index (χ1) is 12.7. The molecule has 0 bridgehead atoms. The van der Waals surface area contributed by atoms with Crippen LogP contribution in [0.25, 0.3) is 0 Å². The minimum absolute atomic E-state index is 0.608. The summed E-state index contributed by atoms with van der Waals surface area (Å²) in [5.41, 5.74) is 2.12. The third-order valence-electron chi connectivity index (χ3n) is 6.59. The van der Waals surface area contributed by atoms with Gasteiger partial charge in [0.15, 0.2) is 0 Å². The lowest BCUT2D eigenvalue weighted by atomic mass is 9.68. The molecule has 2 aliphatic rings. The molecule has 2 aliphatic carbocycles. The Morgan fingerprint density at radius 3 is 2.04 bits per heavy atom. The number of hydrogen-bond donors (Lipinski definition) is 0. The largest absolute Gasteiger partial charge is 0.257 e. The monoisotopic (exact) mass is 357 g/mol. The van der Waals surface area contributed by atoms with E-state index in [9.17, 15) is 8.78 Å². The maximum Gasteiger partial charge on any atom is 0.257 e. The van der Waals surface area contributed by atoms with Crippen molar-refractivity contribution in [3.05, 3.63) is 47.5 Å². The van der Waals surface area contributed by atoms with Crippen molar-refractivity contribution in [2.45, 2.75) is 70.1 Å². The van der Waals surface area contributed by atoms with E-state index >= 15 is 0 Å². The van der Waals surface area contributed by atoms with Gasteiger partial charge in [0, 0.05) is 0 Å². The maximum absolute atomic E-state index is 12.2. The second-order valence-corrected chi connectivity index (χ2v) is 8.12. The van der Waals surface area contributed by atoms with Gasteiger partial charge >= 0.3 is 0 Å². The van der Waals surface area contributed by atoms with Gasteiger partial charge in [0.05, 0.1) is 11.6 Å². The van der Waals surface area contributed by atoms with Gasteiger partial charge < -0.3 is 0 Å². The second-order valence-electron chi connectivity index (χ2n) is 8.12. The Hall–Kier alpha value is -1.69. The lowest BCUT2D eigenvalue weighted by Gasteiger charge is -2.38. The molecule has 0 aromatic heterocycles. The zero-order valence-electron chi connectivity index (χ0n) is 15.4. The van der Waals surface area contributed by atoms with Crippen molar-refractivity contribution in [2.24, 2.45) is 17.8 Å². The van der Waals surface area contributed by atoms with E-state index < -0.39 is 6.43 Å². The highest BCUT2D eigenvalue weighted by Gasteiger charge is 2.31. The molecule has 0 N–H and O–H groups in total. The van der Waals surface area contributed by atoms with Crippen LogP contribution in [-0.4, -0.2) is 6.43 Å². The van der Waals surface area contributed by atoms with Crippen molar-refractivity contribution >= 4 is 0 Å². The van der Waals surface area contributed by atoms with E-state index in [-0.39, 0.29) is 0 Å². The van der Waals surface area contributed by atoms with Gasteiger partial charge in [-0.15, -0.1) is 0 Å². The Balaban J connectivity index is 1.42. The smallest absolute Gasteiger partial charge is 0.206 e. The number of benzene rings is 1. The van der Waals surface area contributed by atoms with Crippen LogP contribution in [0.15, 0.2) is 36.4 Å². The summed E-state index contributed by atoms with van der Waals surface area (Å²) in [6, 6.07) is 10.3. The second kappa shape index (κ2) is 9.31. The Kier molecular flexibility index (Phi) is 6.83. The van der Waals surface area contributed by atoms with Crippen LogP contribution in [0.2, 0.25) is 0 Å². The normalized spacial score (nSPS) is 29.8. The summed E-state index contributed by atoms with van der Waals surface area (Å²) in [6.07, 6.45) is 11.3. The molecule has 1 nitrogen and oxygen atoms in total. The average molecular weight is 357 g/mol. The fourth-order valence-corrected chi connectivity index (χ4v) is 5.02. The molecule has 0 spiro atoms. The first-order valence-corrected chi connectivity index (χ1v) is 10.1. The quantitative estimate of drug-likeness (QED) is 0.529. The van der Waals surface area contributed by atoms with Gasteiger partial charge in [0.25, 0.3) is 6.43 Å². The molecule has 0 saturated heterocycles. The van der Waals surface area contributed by atoms with Crippen LogP contribution < -0.4 is 0 Å². The molecule has 0 aliphatic heterocycles. The predicted octanol–water partition coefficient (Wildman–Crippen LogP) is 6.85. The number of halogens is 2. The number of alkyl halides is 2. The van der Waals surface area contributed by atoms with Crippen LogP contribution in [0.3, 0.4) is 0 Å². The van der Waals surface area contributed by atoms with Crippen molar-refractivity contribution in [2.75, 3.05) is 0 Å². The summed E-state index contributed by atoms with van der Waals surface area (Å²) in [4.78, 5) is 0. The number of nitrogens with zero attached hydrogens (tertiary/aromatic N) is 1. The Morgan fingerprint density at radius 2 is 1.50 bits per heavy atom. The molecular weight excluding hydrogens is 328 g/mol. The molecule has 0 unspecified atom stereocenters. The zero-order valence-corrected chi connectivity index (χ0v) is 15.4. The van der Waals surface area contributed by atoms with Gasteiger partial charge in [-0.3, -0.25) is 0 Å². The summed E-state index contributed by atoms with van der Waals surface area (Å²) in [5, 5.41) is 8.92. The standard InChI is InChI=1S/C23H29F2N/c24-23(25)3-1-2-17-4-8-19(9-5-17)21-12-14-22(15-13-21)20-10-6-18(16-26)7-11-20/h1,3,6-7,10-11,17,19,21-23H,2,4-5,8-9,12-15H2/b3-1+. The van der Waals surface area contributed by atoms with E-state index in [4.69, 9.17) is 5.26 Å². The topological polar surface area (TPSA) is 23.8 Å². The Bertz CT molecular complexity index is 613. The third kappa shape index (κ3) is 5.16. The van der Waals surface area contributed by atoms with E-state index in [0.29, 0.717) is 11.8 Å². The highest BCUT2D eigenvalue weighted by Crippen LogP contribution is 2.44. The summed E-state index contributed by atoms with van der Waals surface area (Å²) >= 11 is 0. The molecule has 1 aromatic rings. The molecule has 2 saturated carbocycles. The van der Waals surface area contributed by atoms with E-state index in [2.05, 4.69) is 18.2 Å². The lowest BCUT2D eigenvalue weighted by Crippen LogP contribution is -2.25. The van der Waals surface area contributed by atoms with Crippen molar-refractivity contribution in [1.29, 1.82) is 5.26 Å². The summed E-state index contributed by atoms with van der Waals surface area (Å²) in [7, 11) is 0. The fraction of sp³-hybridized carbons (Fsp3) is 0.609. The average Bonchev–Trinajstić information content (AvgIpc) is 2.68. The van der Waals surface area contributed by atoms with Crippen LogP contribution in [-0.2, 0) is 0 Å². The van der Waals surface area contributed by atoms with Crippen LogP contribution in [0, 0.1) is 29.1 Å². The van der Waals surface area contributed by atoms with E-state index in [1.807, 2.05) is 12.1 Å². The van der Waals surface area contributed by atoms with Gasteiger partial charge in [-0.05, 0) is 105 Å². The van der Waals surface area contributed by atoms with Crippen molar-refractivity contribution in [1.82, 2.24) is 0 Å². The molecule has 3 heteroatoms. The molecule has 0 amide bonds. The minimum atomic E-state index is -2.31. The van der Waals surface area contributed by atoms with Gasteiger partial charge in [-0.1, -0.05) is 18.2 Å². The zero-order chi connectivity index (χ0) is 18.4. The van der Waals surface area contributed by atoms with Crippen molar-refractivity contribution < 1.29 is 8.78 Å². The fourth-order valence-electron chi connectivity index (χ4n) is 5.02. The first kappa shape index (κ1) is 19.1. The van der Waals surface area contributed by atoms with Crippen LogP contribution in [0.5, 0.6) is 0 Å². The molecule has 0 radical (unpaired) electrons. The molecule has 1 aromatic carbocycles. The van der Waals surface area contributed by atoms with Gasteiger partial charge in [-0.25, -0.2) is 8.78 Å². The van der Waals surface area contributed by atoms with Crippen LogP contribution >= 0.6 is 0 Å². The SMILES string of the molecule is N#Cc1ccc(C2CCC(C3CCC(C/C=C/C(F)F)CC3)CC2)cc1. The summed E-state index contributed by atoms with van der Waals surface area (Å²) < 4.78 is 24.4. The summed E-state index contributed by atoms with van der Waals surface area (Å²) in [6.45, 7) is 0. The molecule has 140 valence electrons. The van der Waals surface area contributed by atoms with Gasteiger partial charge in [0.2, 0.25) is 0 Å². The molecular formula is C23H29F2N. The Morgan fingerprint density at radius 1 is 0.923 bits per heavy atom. The van der Waals surface area contributed by atoms with E-state index in [1.165, 1.54) is 56.9 Å². The molecule has 0 atom stereocenters.